The van der Waals surface area contributed by atoms with Crippen LogP contribution >= 0.6 is 0 Å². The van der Waals surface area contributed by atoms with Crippen LogP contribution in [0.4, 0.5) is 0 Å². The highest BCUT2D eigenvalue weighted by atomic mass is 32.2. The number of carboxylic acids is 1. The van der Waals surface area contributed by atoms with Crippen LogP contribution in [0.3, 0.4) is 0 Å². The number of carboxylic acid groups (broad SMARTS) is 1. The first-order chi connectivity index (χ1) is 9.36. The summed E-state index contributed by atoms with van der Waals surface area (Å²) < 4.78 is 24.8. The summed E-state index contributed by atoms with van der Waals surface area (Å²) in [4.78, 5) is 11.0. The molecular weight excluding hydrogens is 280 g/mol. The summed E-state index contributed by atoms with van der Waals surface area (Å²) in [6.45, 7) is 1.19. The van der Waals surface area contributed by atoms with Crippen molar-refractivity contribution in [2.45, 2.75) is 50.6 Å². The van der Waals surface area contributed by atoms with Gasteiger partial charge in [0.05, 0.1) is 6.26 Å². The van der Waals surface area contributed by atoms with Gasteiger partial charge in [0, 0.05) is 19.1 Å². The van der Waals surface area contributed by atoms with Crippen molar-refractivity contribution < 1.29 is 18.3 Å². The van der Waals surface area contributed by atoms with E-state index in [0.717, 1.165) is 32.1 Å². The average molecular weight is 304 g/mol. The normalized spacial score (nSPS) is 33.0. The van der Waals surface area contributed by atoms with E-state index in [1.165, 1.54) is 6.26 Å². The van der Waals surface area contributed by atoms with E-state index in [2.05, 4.69) is 5.32 Å². The second kappa shape index (κ2) is 6.41. The number of aliphatic carboxylic acids is 1. The zero-order valence-electron chi connectivity index (χ0n) is 11.9. The van der Waals surface area contributed by atoms with Crippen LogP contribution in [0.5, 0.6) is 0 Å². The molecule has 0 spiro atoms. The Morgan fingerprint density at radius 3 is 2.70 bits per heavy atom. The fraction of sp³-hybridized carbons (Fsp3) is 0.923. The van der Waals surface area contributed by atoms with Gasteiger partial charge in [-0.05, 0) is 44.4 Å². The van der Waals surface area contributed by atoms with Crippen molar-refractivity contribution >= 4 is 16.0 Å². The summed E-state index contributed by atoms with van der Waals surface area (Å²) in [6, 6.07) is -0.238. The third kappa shape index (κ3) is 4.17. The van der Waals surface area contributed by atoms with Crippen molar-refractivity contribution in [3.8, 4) is 0 Å². The van der Waals surface area contributed by atoms with Gasteiger partial charge in [-0.15, -0.1) is 0 Å². The van der Waals surface area contributed by atoms with Crippen molar-refractivity contribution in [3.63, 3.8) is 0 Å². The Labute approximate surface area is 120 Å². The largest absolute Gasteiger partial charge is 0.480 e. The molecule has 2 saturated heterocycles. The average Bonchev–Trinajstić information content (AvgIpc) is 2.38. The van der Waals surface area contributed by atoms with Gasteiger partial charge in [-0.1, -0.05) is 0 Å². The van der Waals surface area contributed by atoms with Crippen LogP contribution < -0.4 is 5.32 Å². The van der Waals surface area contributed by atoms with Crippen molar-refractivity contribution in [2.24, 2.45) is 5.92 Å². The first-order valence-corrected chi connectivity index (χ1v) is 9.15. The zero-order valence-corrected chi connectivity index (χ0v) is 12.7. The first-order valence-electron chi connectivity index (χ1n) is 7.30. The summed E-state index contributed by atoms with van der Waals surface area (Å²) in [5.74, 6) is -0.445. The highest BCUT2D eigenvalue weighted by Crippen LogP contribution is 2.26. The molecule has 0 bridgehead atoms. The molecule has 116 valence electrons. The third-order valence-electron chi connectivity index (χ3n) is 4.35. The second-order valence-electron chi connectivity index (χ2n) is 6.05. The number of hydrogen-bond acceptors (Lipinski definition) is 4. The van der Waals surface area contributed by atoms with Gasteiger partial charge in [-0.25, -0.2) is 12.7 Å². The molecular formula is C13H24N2O4S. The zero-order chi connectivity index (χ0) is 14.8. The standard InChI is InChI=1S/C13H24N2O4S/c1-20(18,19)15-7-3-4-10(9-15)8-11-5-2-6-12(14-11)13(16)17/h10-12,14H,2-9H2,1H3,(H,16,17). The van der Waals surface area contributed by atoms with E-state index in [9.17, 15) is 13.2 Å². The monoisotopic (exact) mass is 304 g/mol. The van der Waals surface area contributed by atoms with E-state index in [1.807, 2.05) is 0 Å². The molecule has 0 aromatic heterocycles. The second-order valence-corrected chi connectivity index (χ2v) is 8.03. The van der Waals surface area contributed by atoms with Gasteiger partial charge in [0.15, 0.2) is 0 Å². The number of carbonyl (C=O) groups is 1. The molecule has 2 aliphatic heterocycles. The summed E-state index contributed by atoms with van der Waals surface area (Å²) in [6.07, 6.45) is 6.65. The molecule has 6 nitrogen and oxygen atoms in total. The lowest BCUT2D eigenvalue weighted by Gasteiger charge is -2.35. The van der Waals surface area contributed by atoms with Gasteiger partial charge in [0.2, 0.25) is 10.0 Å². The minimum absolute atomic E-state index is 0.203. The molecule has 2 aliphatic rings. The maximum absolute atomic E-state index is 11.6. The summed E-state index contributed by atoms with van der Waals surface area (Å²) >= 11 is 0. The summed E-state index contributed by atoms with van der Waals surface area (Å²) in [7, 11) is -3.11. The fourth-order valence-corrected chi connectivity index (χ4v) is 4.27. The number of hydrogen-bond donors (Lipinski definition) is 2. The number of piperidine rings is 2. The third-order valence-corrected chi connectivity index (χ3v) is 5.62. The van der Waals surface area contributed by atoms with Gasteiger partial charge in [-0.2, -0.15) is 0 Å². The Hall–Kier alpha value is -0.660. The SMILES string of the molecule is CS(=O)(=O)N1CCCC(CC2CCCC(C(=O)O)N2)C1. The smallest absolute Gasteiger partial charge is 0.320 e. The Morgan fingerprint density at radius 2 is 2.05 bits per heavy atom. The number of rotatable bonds is 4. The van der Waals surface area contributed by atoms with Crippen molar-refractivity contribution in [2.75, 3.05) is 19.3 Å². The number of nitrogens with one attached hydrogen (secondary N) is 1. The molecule has 0 aromatic rings. The predicted octanol–water partition coefficient (Wildman–Crippen LogP) is 0.643. The molecule has 7 heteroatoms. The van der Waals surface area contributed by atoms with Crippen LogP contribution in [0.25, 0.3) is 0 Å². The molecule has 3 unspecified atom stereocenters. The van der Waals surface area contributed by atoms with Gasteiger partial charge in [0.25, 0.3) is 0 Å². The summed E-state index contributed by atoms with van der Waals surface area (Å²) in [5.41, 5.74) is 0. The van der Waals surface area contributed by atoms with Gasteiger partial charge in [0.1, 0.15) is 6.04 Å². The Balaban J connectivity index is 1.88. The lowest BCUT2D eigenvalue weighted by molar-refractivity contribution is -0.140. The molecule has 0 radical (unpaired) electrons. The molecule has 2 fully saturated rings. The Morgan fingerprint density at radius 1 is 1.30 bits per heavy atom. The van der Waals surface area contributed by atoms with Crippen molar-refractivity contribution in [1.82, 2.24) is 9.62 Å². The van der Waals surface area contributed by atoms with Gasteiger partial charge < -0.3 is 10.4 Å². The lowest BCUT2D eigenvalue weighted by atomic mass is 9.87. The molecule has 20 heavy (non-hydrogen) atoms. The topological polar surface area (TPSA) is 86.7 Å². The quantitative estimate of drug-likeness (QED) is 0.796. The highest BCUT2D eigenvalue weighted by molar-refractivity contribution is 7.88. The van der Waals surface area contributed by atoms with E-state index in [0.29, 0.717) is 25.4 Å². The minimum Gasteiger partial charge on any atom is -0.480 e. The molecule has 0 amide bonds. The highest BCUT2D eigenvalue weighted by Gasteiger charge is 2.31. The van der Waals surface area contributed by atoms with E-state index < -0.39 is 22.0 Å². The molecule has 3 atom stereocenters. The van der Waals surface area contributed by atoms with Crippen LogP contribution in [0, 0.1) is 5.92 Å². The van der Waals surface area contributed by atoms with E-state index in [1.54, 1.807) is 4.31 Å². The van der Waals surface area contributed by atoms with Gasteiger partial charge in [-0.3, -0.25) is 4.79 Å². The van der Waals surface area contributed by atoms with Crippen LogP contribution in [-0.4, -0.2) is 55.2 Å². The lowest BCUT2D eigenvalue weighted by Crippen LogP contribution is -2.48. The van der Waals surface area contributed by atoms with Crippen LogP contribution in [-0.2, 0) is 14.8 Å². The maximum atomic E-state index is 11.6. The number of sulfonamides is 1. The molecule has 2 rings (SSSR count). The fourth-order valence-electron chi connectivity index (χ4n) is 3.32. The Kier molecular flexibility index (Phi) is 5.04. The van der Waals surface area contributed by atoms with Crippen LogP contribution in [0.15, 0.2) is 0 Å². The van der Waals surface area contributed by atoms with Crippen LogP contribution in [0.1, 0.15) is 38.5 Å². The van der Waals surface area contributed by atoms with E-state index in [-0.39, 0.29) is 6.04 Å². The predicted molar refractivity (Wildman–Crippen MR) is 76.0 cm³/mol. The Bertz CT molecular complexity index is 451. The first kappa shape index (κ1) is 15.7. The van der Waals surface area contributed by atoms with Crippen LogP contribution in [0.2, 0.25) is 0 Å². The molecule has 2 N–H and O–H groups in total. The molecule has 0 aromatic carbocycles. The molecule has 0 saturated carbocycles. The van der Waals surface area contributed by atoms with Crippen molar-refractivity contribution in [3.05, 3.63) is 0 Å². The van der Waals surface area contributed by atoms with Gasteiger partial charge >= 0.3 is 5.97 Å². The van der Waals surface area contributed by atoms with Crippen molar-refractivity contribution in [1.29, 1.82) is 0 Å². The number of nitrogens with zero attached hydrogens (tertiary/aromatic N) is 1. The maximum Gasteiger partial charge on any atom is 0.320 e. The van der Waals surface area contributed by atoms with E-state index >= 15 is 0 Å². The van der Waals surface area contributed by atoms with E-state index in [4.69, 9.17) is 5.11 Å². The minimum atomic E-state index is -3.11. The molecule has 2 heterocycles. The summed E-state index contributed by atoms with van der Waals surface area (Å²) in [5, 5.41) is 12.2. The molecule has 0 aliphatic carbocycles.